The highest BCUT2D eigenvalue weighted by molar-refractivity contribution is 5.77. The Hall–Kier alpha value is -2.79. The van der Waals surface area contributed by atoms with Gasteiger partial charge in [0.2, 0.25) is 11.8 Å². The van der Waals surface area contributed by atoms with Crippen LogP contribution in [0.15, 0.2) is 24.3 Å². The molecule has 0 spiro atoms. The van der Waals surface area contributed by atoms with Crippen molar-refractivity contribution in [2.24, 2.45) is 0 Å². The number of hydrogen-bond donors (Lipinski definition) is 14. The Morgan fingerprint density at radius 3 is 1.43 bits per heavy atom. The van der Waals surface area contributed by atoms with Crippen LogP contribution in [0.4, 0.5) is 0 Å². The van der Waals surface area contributed by atoms with Crippen molar-refractivity contribution < 1.29 is 104 Å². The van der Waals surface area contributed by atoms with Gasteiger partial charge in [-0.25, -0.2) is 4.79 Å². The van der Waals surface area contributed by atoms with E-state index in [1.807, 2.05) is 0 Å². The number of rotatable bonds is 60. The van der Waals surface area contributed by atoms with Crippen molar-refractivity contribution in [2.75, 3.05) is 26.4 Å². The normalized spacial score (nSPS) is 27.3. The Morgan fingerprint density at radius 1 is 0.531 bits per heavy atom. The molecule has 3 rings (SSSR count). The molecule has 98 heavy (non-hydrogen) atoms. The summed E-state index contributed by atoms with van der Waals surface area (Å²) in [4.78, 5) is 38.7. The van der Waals surface area contributed by atoms with E-state index in [1.165, 1.54) is 180 Å². The topological polar surface area (TPSA) is 373 Å². The molecular weight excluding hydrogens is 1260 g/mol. The summed E-state index contributed by atoms with van der Waals surface area (Å²) in [5.41, 5.74) is 0. The Morgan fingerprint density at radius 2 is 0.980 bits per heavy atom. The molecule has 23 nitrogen and oxygen atoms in total. The number of carbonyl (C=O) groups is 3. The summed E-state index contributed by atoms with van der Waals surface area (Å²) in [6.45, 7) is 2.23. The number of amides is 2. The summed E-state index contributed by atoms with van der Waals surface area (Å²) in [5, 5.41) is 136. The minimum Gasteiger partial charge on any atom is -0.477 e. The Labute approximate surface area is 587 Å². The standard InChI is InChI=1S/C75H138N2O21/c1-4-6-8-10-12-14-16-18-20-22-23-24-25-26-27-28-29-30-31-33-35-37-39-41-43-45-47-49-62(85)77-56(57(82)48-46-44-42-40-38-36-34-32-21-19-17-15-13-11-9-7-5-2)54-93-72-67(89)66(88)69(61(53-80)95-72)96-73-68(90)71(65(87)60(52-79)94-73)98-75(74(91)92)50-58(83)63(76-55(3)81)70(97-75)64(86)59(84)51-78/h23-24,26-27,56-61,63-73,78-80,82-84,86-90H,4-22,25,28-54H2,1-3H3,(H,76,81)(H,77,85)(H,91,92)/b24-23-,27-26-. The van der Waals surface area contributed by atoms with Crippen LogP contribution in [0.2, 0.25) is 0 Å². The summed E-state index contributed by atoms with van der Waals surface area (Å²) >= 11 is 0. The molecule has 18 unspecified atom stereocenters. The average Bonchev–Trinajstić information content (AvgIpc) is 0.756. The molecule has 0 aliphatic carbocycles. The molecule has 3 saturated heterocycles. The maximum absolute atomic E-state index is 13.5. The van der Waals surface area contributed by atoms with Gasteiger partial charge in [0.05, 0.1) is 50.7 Å². The number of ether oxygens (including phenoxy) is 6. The Kier molecular flexibility index (Phi) is 50.0. The lowest BCUT2D eigenvalue weighted by atomic mass is 9.88. The van der Waals surface area contributed by atoms with E-state index in [-0.39, 0.29) is 18.9 Å². The van der Waals surface area contributed by atoms with E-state index in [0.717, 1.165) is 71.1 Å². The van der Waals surface area contributed by atoms with Crippen LogP contribution in [0, 0.1) is 0 Å². The molecule has 0 bridgehead atoms. The third-order valence-corrected chi connectivity index (χ3v) is 19.7. The number of aliphatic hydroxyl groups excluding tert-OH is 11. The molecule has 2 amide bonds. The molecule has 18 atom stereocenters. The molecule has 3 fully saturated rings. The molecule has 3 heterocycles. The zero-order valence-corrected chi connectivity index (χ0v) is 60.4. The maximum atomic E-state index is 13.5. The Bertz CT molecular complexity index is 2060. The number of hydrogen-bond acceptors (Lipinski definition) is 20. The van der Waals surface area contributed by atoms with E-state index in [2.05, 4.69) is 48.8 Å². The number of allylic oxidation sites excluding steroid dienone is 4. The fraction of sp³-hybridized carbons (Fsp3) is 0.907. The highest BCUT2D eigenvalue weighted by Crippen LogP contribution is 2.39. The third-order valence-electron chi connectivity index (χ3n) is 19.7. The quantitative estimate of drug-likeness (QED) is 0.0199. The summed E-state index contributed by atoms with van der Waals surface area (Å²) in [6, 6.07) is -2.53. The van der Waals surface area contributed by atoms with E-state index < -0.39 is 148 Å². The van der Waals surface area contributed by atoms with E-state index in [1.54, 1.807) is 0 Å². The van der Waals surface area contributed by atoms with Crippen LogP contribution in [0.5, 0.6) is 0 Å². The number of carboxylic acids is 1. The maximum Gasteiger partial charge on any atom is 0.364 e. The molecule has 14 N–H and O–H groups in total. The second-order valence-corrected chi connectivity index (χ2v) is 28.2. The SMILES string of the molecule is CCCCCCCCCCC/C=C\C/C=C\CCCCCCCCCCCCCC(=O)NC(COC1OC(CO)C(OC2OC(CO)C(O)C(OC3(C(=O)O)CC(O)C(NC(C)=O)C(C(O)C(O)CO)O3)C2O)C(O)C1O)C(O)CCCCCCCCCCCCCCCCCCC. The fourth-order valence-corrected chi connectivity index (χ4v) is 13.5. The van der Waals surface area contributed by atoms with Gasteiger partial charge in [-0.3, -0.25) is 9.59 Å². The number of aliphatic carboxylic acids is 1. The van der Waals surface area contributed by atoms with Gasteiger partial charge >= 0.3 is 5.97 Å². The van der Waals surface area contributed by atoms with Gasteiger partial charge in [0.1, 0.15) is 67.1 Å². The lowest BCUT2D eigenvalue weighted by molar-refractivity contribution is -0.386. The van der Waals surface area contributed by atoms with Crippen molar-refractivity contribution in [3.05, 3.63) is 24.3 Å². The molecular formula is C75H138N2O21. The Balaban J connectivity index is 1.52. The predicted molar refractivity (Wildman–Crippen MR) is 375 cm³/mol. The van der Waals surface area contributed by atoms with Crippen molar-refractivity contribution in [1.82, 2.24) is 10.6 Å². The van der Waals surface area contributed by atoms with Gasteiger partial charge in [-0.05, 0) is 44.9 Å². The van der Waals surface area contributed by atoms with Gasteiger partial charge < -0.3 is 100 Å². The molecule has 0 aromatic heterocycles. The van der Waals surface area contributed by atoms with Crippen LogP contribution in [0.1, 0.15) is 297 Å². The molecule has 3 aliphatic rings. The highest BCUT2D eigenvalue weighted by atomic mass is 16.8. The number of aliphatic hydroxyl groups is 11. The zero-order chi connectivity index (χ0) is 71.8. The molecule has 0 saturated carbocycles. The van der Waals surface area contributed by atoms with Gasteiger partial charge in [-0.1, -0.05) is 256 Å². The van der Waals surface area contributed by atoms with Crippen LogP contribution >= 0.6 is 0 Å². The van der Waals surface area contributed by atoms with E-state index in [0.29, 0.717) is 19.3 Å². The monoisotopic (exact) mass is 1400 g/mol. The summed E-state index contributed by atoms with van der Waals surface area (Å²) in [5.74, 6) is -6.10. The second kappa shape index (κ2) is 54.8. The first-order valence-corrected chi connectivity index (χ1v) is 38.7. The lowest BCUT2D eigenvalue weighted by Gasteiger charge is -2.50. The van der Waals surface area contributed by atoms with Crippen LogP contribution in [-0.4, -0.2) is 215 Å². The summed E-state index contributed by atoms with van der Waals surface area (Å²) < 4.78 is 34.9. The van der Waals surface area contributed by atoms with E-state index in [4.69, 9.17) is 28.4 Å². The van der Waals surface area contributed by atoms with Gasteiger partial charge in [-0.15, -0.1) is 0 Å². The minimum absolute atomic E-state index is 0.222. The predicted octanol–water partition coefficient (Wildman–Crippen LogP) is 9.18. The van der Waals surface area contributed by atoms with Crippen LogP contribution < -0.4 is 10.6 Å². The number of carbonyl (C=O) groups excluding carboxylic acids is 2. The zero-order valence-electron chi connectivity index (χ0n) is 60.4. The number of unbranched alkanes of at least 4 members (excludes halogenated alkanes) is 36. The number of nitrogens with one attached hydrogen (secondary N) is 2. The first-order chi connectivity index (χ1) is 47.4. The minimum atomic E-state index is -3.08. The van der Waals surface area contributed by atoms with Crippen molar-refractivity contribution in [3.63, 3.8) is 0 Å². The molecule has 0 radical (unpaired) electrons. The molecule has 23 heteroatoms. The molecule has 0 aromatic rings. The fourth-order valence-electron chi connectivity index (χ4n) is 13.5. The first kappa shape index (κ1) is 89.4. The lowest BCUT2D eigenvalue weighted by Crippen LogP contribution is -2.70. The largest absolute Gasteiger partial charge is 0.477 e. The van der Waals surface area contributed by atoms with Crippen LogP contribution in [-0.2, 0) is 42.8 Å². The van der Waals surface area contributed by atoms with Crippen molar-refractivity contribution in [3.8, 4) is 0 Å². The second-order valence-electron chi connectivity index (χ2n) is 28.2. The third kappa shape index (κ3) is 35.6. The van der Waals surface area contributed by atoms with Crippen LogP contribution in [0.25, 0.3) is 0 Å². The van der Waals surface area contributed by atoms with E-state index in [9.17, 15) is 75.7 Å². The van der Waals surface area contributed by atoms with Crippen molar-refractivity contribution >= 4 is 17.8 Å². The summed E-state index contributed by atoms with van der Waals surface area (Å²) in [7, 11) is 0. The van der Waals surface area contributed by atoms with Gasteiger partial charge in [0.25, 0.3) is 5.79 Å². The van der Waals surface area contributed by atoms with Gasteiger partial charge in [0.15, 0.2) is 12.6 Å². The van der Waals surface area contributed by atoms with Crippen molar-refractivity contribution in [1.29, 1.82) is 0 Å². The molecule has 0 aromatic carbocycles. The van der Waals surface area contributed by atoms with Crippen LogP contribution in [0.3, 0.4) is 0 Å². The number of carboxylic acid groups (broad SMARTS) is 1. The molecule has 3 aliphatic heterocycles. The summed E-state index contributed by atoms with van der Waals surface area (Å²) in [6.07, 6.45) is 28.8. The first-order valence-electron chi connectivity index (χ1n) is 38.7. The smallest absolute Gasteiger partial charge is 0.364 e. The van der Waals surface area contributed by atoms with E-state index >= 15 is 0 Å². The van der Waals surface area contributed by atoms with Gasteiger partial charge in [-0.2, -0.15) is 0 Å². The highest BCUT2D eigenvalue weighted by Gasteiger charge is 2.60. The molecule has 574 valence electrons. The van der Waals surface area contributed by atoms with Crippen molar-refractivity contribution in [2.45, 2.75) is 407 Å². The van der Waals surface area contributed by atoms with Gasteiger partial charge in [0, 0.05) is 19.8 Å². The average molecular weight is 1400 g/mol.